The van der Waals surface area contributed by atoms with Crippen LogP contribution in [0.2, 0.25) is 0 Å². The van der Waals surface area contributed by atoms with E-state index in [0.717, 1.165) is 12.8 Å². The van der Waals surface area contributed by atoms with Crippen LogP contribution in [0.5, 0.6) is 0 Å². The third kappa shape index (κ3) is 6.26. The quantitative estimate of drug-likeness (QED) is 0.699. The molecular formula is C12H23N3O2. The molecule has 0 saturated heterocycles. The van der Waals surface area contributed by atoms with Crippen molar-refractivity contribution in [3.05, 3.63) is 0 Å². The first kappa shape index (κ1) is 14.0. The second-order valence-electron chi connectivity index (χ2n) is 5.58. The molecule has 0 aromatic rings. The fraction of sp³-hybridized carbons (Fsp3) is 0.833. The standard InChI is InChI=1S/C12H23N3O2/c1-12(2,13)7-6-11(17)15(3)8-10(16)14-9-4-5-9/h9H,4-8,13H2,1-3H3,(H,14,16). The first-order chi connectivity index (χ1) is 7.78. The van der Waals surface area contributed by atoms with Crippen LogP contribution in [-0.4, -0.2) is 41.9 Å². The lowest BCUT2D eigenvalue weighted by Gasteiger charge is -2.21. The number of hydrogen-bond donors (Lipinski definition) is 2. The van der Waals surface area contributed by atoms with E-state index >= 15 is 0 Å². The number of likely N-dealkylation sites (N-methyl/N-ethyl adjacent to an activating group) is 1. The van der Waals surface area contributed by atoms with E-state index in [2.05, 4.69) is 5.32 Å². The fourth-order valence-corrected chi connectivity index (χ4v) is 1.42. The molecule has 5 heteroatoms. The molecule has 1 aliphatic rings. The van der Waals surface area contributed by atoms with Crippen LogP contribution in [-0.2, 0) is 9.59 Å². The average Bonchev–Trinajstić information content (AvgIpc) is 2.96. The van der Waals surface area contributed by atoms with E-state index in [1.807, 2.05) is 13.8 Å². The zero-order valence-electron chi connectivity index (χ0n) is 11.0. The molecule has 2 amide bonds. The van der Waals surface area contributed by atoms with Gasteiger partial charge in [0.25, 0.3) is 0 Å². The molecule has 0 unspecified atom stereocenters. The lowest BCUT2D eigenvalue weighted by Crippen LogP contribution is -2.40. The van der Waals surface area contributed by atoms with Crippen LogP contribution in [0.15, 0.2) is 0 Å². The molecule has 0 atom stereocenters. The van der Waals surface area contributed by atoms with Crippen molar-refractivity contribution in [1.82, 2.24) is 10.2 Å². The summed E-state index contributed by atoms with van der Waals surface area (Å²) in [4.78, 5) is 24.7. The number of nitrogens with two attached hydrogens (primary N) is 1. The van der Waals surface area contributed by atoms with Gasteiger partial charge in [0.2, 0.25) is 11.8 Å². The maximum absolute atomic E-state index is 11.7. The lowest BCUT2D eigenvalue weighted by atomic mass is 10.00. The smallest absolute Gasteiger partial charge is 0.239 e. The van der Waals surface area contributed by atoms with Gasteiger partial charge in [-0.15, -0.1) is 0 Å². The van der Waals surface area contributed by atoms with Crippen LogP contribution in [0.3, 0.4) is 0 Å². The van der Waals surface area contributed by atoms with Crippen molar-refractivity contribution >= 4 is 11.8 Å². The topological polar surface area (TPSA) is 75.4 Å². The summed E-state index contributed by atoms with van der Waals surface area (Å²) in [7, 11) is 1.65. The van der Waals surface area contributed by atoms with Crippen molar-refractivity contribution < 1.29 is 9.59 Å². The molecule has 0 aliphatic heterocycles. The van der Waals surface area contributed by atoms with Crippen molar-refractivity contribution in [2.24, 2.45) is 5.73 Å². The molecule has 17 heavy (non-hydrogen) atoms. The minimum atomic E-state index is -0.341. The number of rotatable bonds is 6. The van der Waals surface area contributed by atoms with Gasteiger partial charge in [-0.1, -0.05) is 0 Å². The third-order valence-corrected chi connectivity index (χ3v) is 2.73. The molecule has 98 valence electrons. The van der Waals surface area contributed by atoms with E-state index < -0.39 is 0 Å². The molecule has 1 aliphatic carbocycles. The first-order valence-electron chi connectivity index (χ1n) is 6.10. The highest BCUT2D eigenvalue weighted by Gasteiger charge is 2.24. The van der Waals surface area contributed by atoms with Crippen LogP contribution in [0.1, 0.15) is 39.5 Å². The van der Waals surface area contributed by atoms with E-state index in [1.54, 1.807) is 7.05 Å². The largest absolute Gasteiger partial charge is 0.352 e. The van der Waals surface area contributed by atoms with E-state index in [0.29, 0.717) is 18.9 Å². The molecule has 5 nitrogen and oxygen atoms in total. The van der Waals surface area contributed by atoms with Gasteiger partial charge in [0, 0.05) is 25.0 Å². The predicted octanol–water partition coefficient (Wildman–Crippen LogP) is 0.241. The van der Waals surface area contributed by atoms with Gasteiger partial charge in [0.05, 0.1) is 6.54 Å². The summed E-state index contributed by atoms with van der Waals surface area (Å²) in [5.74, 6) is -0.107. The summed E-state index contributed by atoms with van der Waals surface area (Å²) >= 11 is 0. The van der Waals surface area contributed by atoms with Gasteiger partial charge < -0.3 is 16.0 Å². The molecule has 0 aromatic carbocycles. The Bertz CT molecular complexity index is 293. The fourth-order valence-electron chi connectivity index (χ4n) is 1.42. The van der Waals surface area contributed by atoms with Gasteiger partial charge in [0.15, 0.2) is 0 Å². The highest BCUT2D eigenvalue weighted by molar-refractivity contribution is 5.84. The van der Waals surface area contributed by atoms with E-state index in [9.17, 15) is 9.59 Å². The summed E-state index contributed by atoms with van der Waals surface area (Å²) in [6.07, 6.45) is 3.13. The van der Waals surface area contributed by atoms with Crippen molar-refractivity contribution in [3.63, 3.8) is 0 Å². The minimum absolute atomic E-state index is 0.0329. The average molecular weight is 241 g/mol. The Balaban J connectivity index is 2.23. The Labute approximate surface area is 103 Å². The lowest BCUT2D eigenvalue weighted by molar-refractivity contribution is -0.135. The molecule has 1 rings (SSSR count). The molecule has 3 N–H and O–H groups in total. The molecule has 1 fully saturated rings. The summed E-state index contributed by atoms with van der Waals surface area (Å²) in [6.45, 7) is 3.92. The first-order valence-corrected chi connectivity index (χ1v) is 6.10. The van der Waals surface area contributed by atoms with Crippen LogP contribution in [0.25, 0.3) is 0 Å². The zero-order chi connectivity index (χ0) is 13.1. The zero-order valence-corrected chi connectivity index (χ0v) is 11.0. The normalized spacial score (nSPS) is 15.5. The number of hydrogen-bond acceptors (Lipinski definition) is 3. The number of nitrogens with one attached hydrogen (secondary N) is 1. The van der Waals surface area contributed by atoms with E-state index in [1.165, 1.54) is 4.90 Å². The highest BCUT2D eigenvalue weighted by atomic mass is 16.2. The van der Waals surface area contributed by atoms with Crippen LogP contribution >= 0.6 is 0 Å². The SMILES string of the molecule is CN(CC(=O)NC1CC1)C(=O)CCC(C)(C)N. The molecule has 0 bridgehead atoms. The second-order valence-corrected chi connectivity index (χ2v) is 5.58. The van der Waals surface area contributed by atoms with Gasteiger partial charge in [-0.2, -0.15) is 0 Å². The Morgan fingerprint density at radius 3 is 2.47 bits per heavy atom. The Morgan fingerprint density at radius 1 is 1.41 bits per heavy atom. The number of carbonyl (C=O) groups is 2. The number of amides is 2. The molecular weight excluding hydrogens is 218 g/mol. The summed E-state index contributed by atoms with van der Waals surface area (Å²) in [6, 6.07) is 0.342. The maximum Gasteiger partial charge on any atom is 0.239 e. The van der Waals surface area contributed by atoms with E-state index in [4.69, 9.17) is 5.73 Å². The maximum atomic E-state index is 11.7. The Kier molecular flexibility index (Phi) is 4.51. The second kappa shape index (κ2) is 5.49. The van der Waals surface area contributed by atoms with Gasteiger partial charge in [-0.3, -0.25) is 9.59 Å². The van der Waals surface area contributed by atoms with Gasteiger partial charge >= 0.3 is 0 Å². The predicted molar refractivity (Wildman–Crippen MR) is 66.3 cm³/mol. The van der Waals surface area contributed by atoms with Gasteiger partial charge in [-0.25, -0.2) is 0 Å². The van der Waals surface area contributed by atoms with Crippen molar-refractivity contribution in [2.75, 3.05) is 13.6 Å². The molecule has 0 spiro atoms. The molecule has 1 saturated carbocycles. The highest BCUT2D eigenvalue weighted by Crippen LogP contribution is 2.18. The third-order valence-electron chi connectivity index (χ3n) is 2.73. The minimum Gasteiger partial charge on any atom is -0.352 e. The monoisotopic (exact) mass is 241 g/mol. The molecule has 0 radical (unpaired) electrons. The van der Waals surface area contributed by atoms with E-state index in [-0.39, 0.29) is 23.9 Å². The summed E-state index contributed by atoms with van der Waals surface area (Å²) < 4.78 is 0. The number of nitrogens with zero attached hydrogens (tertiary/aromatic N) is 1. The van der Waals surface area contributed by atoms with Gasteiger partial charge in [-0.05, 0) is 33.1 Å². The summed E-state index contributed by atoms with van der Waals surface area (Å²) in [5.41, 5.74) is 5.47. The Morgan fingerprint density at radius 2 is 2.00 bits per heavy atom. The van der Waals surface area contributed by atoms with Crippen molar-refractivity contribution in [2.45, 2.75) is 51.1 Å². The van der Waals surface area contributed by atoms with Crippen LogP contribution in [0.4, 0.5) is 0 Å². The van der Waals surface area contributed by atoms with Crippen molar-refractivity contribution in [1.29, 1.82) is 0 Å². The summed E-state index contributed by atoms with van der Waals surface area (Å²) in [5, 5.41) is 2.85. The van der Waals surface area contributed by atoms with Crippen LogP contribution < -0.4 is 11.1 Å². The molecule has 0 heterocycles. The molecule has 0 aromatic heterocycles. The Hall–Kier alpha value is -1.10. The van der Waals surface area contributed by atoms with Crippen molar-refractivity contribution in [3.8, 4) is 0 Å². The number of carbonyl (C=O) groups excluding carboxylic acids is 2. The van der Waals surface area contributed by atoms with Crippen LogP contribution in [0, 0.1) is 0 Å². The van der Waals surface area contributed by atoms with Gasteiger partial charge in [0.1, 0.15) is 0 Å².